The van der Waals surface area contributed by atoms with Crippen LogP contribution in [0.25, 0.3) is 0 Å². The fourth-order valence-corrected chi connectivity index (χ4v) is 2.93. The Balaban J connectivity index is 1.68. The first-order valence-corrected chi connectivity index (χ1v) is 8.66. The van der Waals surface area contributed by atoms with Gasteiger partial charge < -0.3 is 10.2 Å². The number of aryl methyl sites for hydroxylation is 1. The van der Waals surface area contributed by atoms with Crippen molar-refractivity contribution in [3.63, 3.8) is 0 Å². The lowest BCUT2D eigenvalue weighted by molar-refractivity contribution is 0.102. The molecule has 24 heavy (non-hydrogen) atoms. The van der Waals surface area contributed by atoms with Gasteiger partial charge in [-0.3, -0.25) is 4.79 Å². The molecule has 5 nitrogen and oxygen atoms in total. The van der Waals surface area contributed by atoms with Crippen LogP contribution in [0.5, 0.6) is 0 Å². The smallest absolute Gasteiger partial charge is 0.258 e. The second-order valence-electron chi connectivity index (χ2n) is 6.09. The average molecular weight is 345 g/mol. The van der Waals surface area contributed by atoms with E-state index in [2.05, 4.69) is 20.2 Å². The number of carbonyl (C=O) groups is 1. The molecule has 1 aliphatic heterocycles. The van der Waals surface area contributed by atoms with Crippen LogP contribution in [0.4, 0.5) is 11.6 Å². The summed E-state index contributed by atoms with van der Waals surface area (Å²) in [5.74, 6) is 0.462. The molecule has 0 bridgehead atoms. The first-order chi connectivity index (χ1) is 11.6. The lowest BCUT2D eigenvalue weighted by atomic mass is 10.2. The number of hydrogen-bond donors (Lipinski definition) is 1. The van der Waals surface area contributed by atoms with Gasteiger partial charge in [-0.25, -0.2) is 9.97 Å². The van der Waals surface area contributed by atoms with E-state index in [9.17, 15) is 4.79 Å². The predicted octanol–water partition coefficient (Wildman–Crippen LogP) is 4.07. The maximum atomic E-state index is 12.3. The summed E-state index contributed by atoms with van der Waals surface area (Å²) in [6.07, 6.45) is 8.02. The summed E-state index contributed by atoms with van der Waals surface area (Å²) in [7, 11) is 0. The zero-order valence-electron chi connectivity index (χ0n) is 13.8. The van der Waals surface area contributed by atoms with Crippen molar-refractivity contribution < 1.29 is 4.79 Å². The van der Waals surface area contributed by atoms with Gasteiger partial charge in [-0.2, -0.15) is 0 Å². The second-order valence-corrected chi connectivity index (χ2v) is 6.50. The lowest BCUT2D eigenvalue weighted by Gasteiger charge is -2.19. The molecule has 1 amide bonds. The summed E-state index contributed by atoms with van der Waals surface area (Å²) in [6, 6.07) is 5.43. The molecule has 1 aromatic heterocycles. The van der Waals surface area contributed by atoms with Gasteiger partial charge in [0.25, 0.3) is 5.91 Å². The van der Waals surface area contributed by atoms with E-state index in [1.807, 2.05) is 19.1 Å². The third kappa shape index (κ3) is 4.03. The monoisotopic (exact) mass is 344 g/mol. The number of benzene rings is 1. The average Bonchev–Trinajstić information content (AvgIpc) is 2.88. The third-order valence-electron chi connectivity index (χ3n) is 4.22. The van der Waals surface area contributed by atoms with Crippen LogP contribution in [0.15, 0.2) is 30.6 Å². The van der Waals surface area contributed by atoms with E-state index < -0.39 is 0 Å². The van der Waals surface area contributed by atoms with Crippen molar-refractivity contribution in [1.82, 2.24) is 9.97 Å². The first kappa shape index (κ1) is 16.7. The standard InChI is InChI=1S/C18H21ClN4O/c1-13-6-7-15(10-16(13)19)22-17(24)14-11-20-18(21-12-14)23-8-4-2-3-5-9-23/h6-7,10-12H,2-5,8-9H2,1H3,(H,22,24). The number of rotatable bonds is 3. The Kier molecular flexibility index (Phi) is 5.30. The van der Waals surface area contributed by atoms with Crippen molar-refractivity contribution in [3.8, 4) is 0 Å². The Morgan fingerprint density at radius 3 is 2.42 bits per heavy atom. The fraction of sp³-hybridized carbons (Fsp3) is 0.389. The van der Waals surface area contributed by atoms with Gasteiger partial charge in [-0.15, -0.1) is 0 Å². The van der Waals surface area contributed by atoms with E-state index >= 15 is 0 Å². The molecule has 0 atom stereocenters. The van der Waals surface area contributed by atoms with Crippen LogP contribution in [0, 0.1) is 6.92 Å². The Bertz CT molecular complexity index is 709. The molecule has 6 heteroatoms. The second kappa shape index (κ2) is 7.62. The molecule has 126 valence electrons. The van der Waals surface area contributed by atoms with Crippen molar-refractivity contribution in [2.45, 2.75) is 32.6 Å². The van der Waals surface area contributed by atoms with Crippen molar-refractivity contribution in [1.29, 1.82) is 0 Å². The highest BCUT2D eigenvalue weighted by atomic mass is 35.5. The molecule has 1 saturated heterocycles. The minimum atomic E-state index is -0.239. The van der Waals surface area contributed by atoms with E-state index in [4.69, 9.17) is 11.6 Å². The Morgan fingerprint density at radius 2 is 1.79 bits per heavy atom. The van der Waals surface area contributed by atoms with E-state index in [1.165, 1.54) is 25.7 Å². The van der Waals surface area contributed by atoms with Gasteiger partial charge in [0.15, 0.2) is 0 Å². The van der Waals surface area contributed by atoms with E-state index in [0.29, 0.717) is 22.2 Å². The van der Waals surface area contributed by atoms with Crippen molar-refractivity contribution in [2.24, 2.45) is 0 Å². The first-order valence-electron chi connectivity index (χ1n) is 8.28. The largest absolute Gasteiger partial charge is 0.341 e. The van der Waals surface area contributed by atoms with E-state index in [-0.39, 0.29) is 5.91 Å². The Morgan fingerprint density at radius 1 is 1.12 bits per heavy atom. The fourth-order valence-electron chi connectivity index (χ4n) is 2.75. The zero-order valence-corrected chi connectivity index (χ0v) is 14.5. The molecular weight excluding hydrogens is 324 g/mol. The highest BCUT2D eigenvalue weighted by molar-refractivity contribution is 6.31. The lowest BCUT2D eigenvalue weighted by Crippen LogP contribution is -2.26. The minimum Gasteiger partial charge on any atom is -0.341 e. The maximum absolute atomic E-state index is 12.3. The molecular formula is C18H21ClN4O. The topological polar surface area (TPSA) is 58.1 Å². The normalized spacial score (nSPS) is 15.0. The zero-order chi connectivity index (χ0) is 16.9. The van der Waals surface area contributed by atoms with Gasteiger partial charge in [0.05, 0.1) is 5.56 Å². The Labute approximate surface area is 147 Å². The van der Waals surface area contributed by atoms with Crippen molar-refractivity contribution in [3.05, 3.63) is 46.7 Å². The summed E-state index contributed by atoms with van der Waals surface area (Å²) in [5, 5.41) is 3.44. The van der Waals surface area contributed by atoms with Gasteiger partial charge in [0.2, 0.25) is 5.95 Å². The summed E-state index contributed by atoms with van der Waals surface area (Å²) in [5.41, 5.74) is 2.07. The highest BCUT2D eigenvalue weighted by Gasteiger charge is 2.14. The number of halogens is 1. The molecule has 0 radical (unpaired) electrons. The molecule has 0 spiro atoms. The number of carbonyl (C=O) groups excluding carboxylic acids is 1. The third-order valence-corrected chi connectivity index (χ3v) is 4.63. The van der Waals surface area contributed by atoms with E-state index in [1.54, 1.807) is 18.5 Å². The minimum absolute atomic E-state index is 0.239. The maximum Gasteiger partial charge on any atom is 0.258 e. The van der Waals surface area contributed by atoms with Crippen LogP contribution in [-0.4, -0.2) is 29.0 Å². The SMILES string of the molecule is Cc1ccc(NC(=O)c2cnc(N3CCCCCC3)nc2)cc1Cl. The molecule has 0 unspecified atom stereocenters. The van der Waals surface area contributed by atoms with Crippen LogP contribution in [0.2, 0.25) is 5.02 Å². The van der Waals surface area contributed by atoms with Gasteiger partial charge in [-0.1, -0.05) is 30.5 Å². The molecule has 1 fully saturated rings. The number of aromatic nitrogens is 2. The van der Waals surface area contributed by atoms with E-state index in [0.717, 1.165) is 18.7 Å². The number of nitrogens with one attached hydrogen (secondary N) is 1. The van der Waals surface area contributed by atoms with Crippen LogP contribution >= 0.6 is 11.6 Å². The van der Waals surface area contributed by atoms with Gasteiger partial charge in [0, 0.05) is 36.2 Å². The molecule has 1 aromatic carbocycles. The molecule has 1 aliphatic rings. The summed E-state index contributed by atoms with van der Waals surface area (Å²) in [6.45, 7) is 3.88. The summed E-state index contributed by atoms with van der Waals surface area (Å²) < 4.78 is 0. The van der Waals surface area contributed by atoms with Gasteiger partial charge in [-0.05, 0) is 37.5 Å². The van der Waals surface area contributed by atoms with Crippen LogP contribution in [0.1, 0.15) is 41.6 Å². The number of hydrogen-bond acceptors (Lipinski definition) is 4. The number of anilines is 2. The predicted molar refractivity (Wildman–Crippen MR) is 96.9 cm³/mol. The quantitative estimate of drug-likeness (QED) is 0.911. The van der Waals surface area contributed by atoms with Gasteiger partial charge in [0.1, 0.15) is 0 Å². The van der Waals surface area contributed by atoms with Crippen LogP contribution in [-0.2, 0) is 0 Å². The molecule has 2 heterocycles. The summed E-state index contributed by atoms with van der Waals surface area (Å²) in [4.78, 5) is 23.2. The molecule has 2 aromatic rings. The van der Waals surface area contributed by atoms with Gasteiger partial charge >= 0.3 is 0 Å². The van der Waals surface area contributed by atoms with Crippen molar-refractivity contribution in [2.75, 3.05) is 23.3 Å². The molecule has 0 aliphatic carbocycles. The summed E-state index contributed by atoms with van der Waals surface area (Å²) >= 11 is 6.08. The van der Waals surface area contributed by atoms with Crippen LogP contribution < -0.4 is 10.2 Å². The number of nitrogens with zero attached hydrogens (tertiary/aromatic N) is 3. The number of amides is 1. The molecule has 0 saturated carbocycles. The van der Waals surface area contributed by atoms with Crippen molar-refractivity contribution >= 4 is 29.1 Å². The molecule has 1 N–H and O–H groups in total. The van der Waals surface area contributed by atoms with Crippen LogP contribution in [0.3, 0.4) is 0 Å². The Hall–Kier alpha value is -2.14. The highest BCUT2D eigenvalue weighted by Crippen LogP contribution is 2.20. The molecule has 3 rings (SSSR count).